The molecule has 3 nitrogen and oxygen atoms in total. The van der Waals surface area contributed by atoms with Crippen LogP contribution in [-0.4, -0.2) is 23.7 Å². The van der Waals surface area contributed by atoms with Crippen molar-refractivity contribution >= 4 is 5.91 Å². The first kappa shape index (κ1) is 12.9. The van der Waals surface area contributed by atoms with Crippen LogP contribution in [0.2, 0.25) is 0 Å². The molecule has 0 bridgehead atoms. The van der Waals surface area contributed by atoms with Gasteiger partial charge in [0.05, 0.1) is 0 Å². The first-order chi connectivity index (χ1) is 8.22. The van der Waals surface area contributed by atoms with Gasteiger partial charge in [-0.05, 0) is 31.6 Å². The van der Waals surface area contributed by atoms with E-state index in [4.69, 9.17) is 0 Å². The predicted molar refractivity (Wildman–Crippen MR) is 67.5 cm³/mol. The molecule has 4 atom stereocenters. The lowest BCUT2D eigenvalue weighted by atomic mass is 9.84. The fourth-order valence-corrected chi connectivity index (χ4v) is 3.44. The van der Waals surface area contributed by atoms with Crippen LogP contribution in [0.25, 0.3) is 0 Å². The van der Waals surface area contributed by atoms with E-state index < -0.39 is 0 Å². The number of rotatable bonds is 3. The summed E-state index contributed by atoms with van der Waals surface area (Å²) in [6.45, 7) is 2.40. The second kappa shape index (κ2) is 5.85. The molecule has 0 aromatic heterocycles. The number of amides is 1. The lowest BCUT2D eigenvalue weighted by molar-refractivity contribution is -0.127. The van der Waals surface area contributed by atoms with Crippen molar-refractivity contribution in [2.45, 2.75) is 57.9 Å². The van der Waals surface area contributed by atoms with Crippen LogP contribution in [0.3, 0.4) is 0 Å². The Labute approximate surface area is 104 Å². The van der Waals surface area contributed by atoms with Crippen LogP contribution in [0.1, 0.15) is 51.9 Å². The molecule has 2 rings (SSSR count). The topological polar surface area (TPSA) is 49.3 Å². The molecule has 2 fully saturated rings. The zero-order valence-corrected chi connectivity index (χ0v) is 10.8. The average molecular weight is 239 g/mol. The van der Waals surface area contributed by atoms with E-state index in [2.05, 4.69) is 12.2 Å². The van der Waals surface area contributed by atoms with Crippen LogP contribution in [-0.2, 0) is 4.79 Å². The summed E-state index contributed by atoms with van der Waals surface area (Å²) in [5.74, 6) is 1.27. The highest BCUT2D eigenvalue weighted by atomic mass is 16.3. The summed E-state index contributed by atoms with van der Waals surface area (Å²) in [6.07, 6.45) is 7.89. The molecule has 2 saturated carbocycles. The van der Waals surface area contributed by atoms with Crippen LogP contribution < -0.4 is 5.32 Å². The summed E-state index contributed by atoms with van der Waals surface area (Å²) in [7, 11) is 0. The van der Waals surface area contributed by atoms with Crippen LogP contribution in [0.5, 0.6) is 0 Å². The number of aliphatic hydroxyl groups is 1. The van der Waals surface area contributed by atoms with E-state index in [1.165, 1.54) is 25.7 Å². The summed E-state index contributed by atoms with van der Waals surface area (Å²) in [5.41, 5.74) is 0. The molecule has 2 aliphatic carbocycles. The largest absolute Gasteiger partial charge is 0.396 e. The summed E-state index contributed by atoms with van der Waals surface area (Å²) in [6, 6.07) is 0.217. The van der Waals surface area contributed by atoms with Gasteiger partial charge in [-0.3, -0.25) is 4.79 Å². The van der Waals surface area contributed by atoms with Crippen molar-refractivity contribution < 1.29 is 9.90 Å². The van der Waals surface area contributed by atoms with Crippen LogP contribution >= 0.6 is 0 Å². The smallest absolute Gasteiger partial charge is 0.223 e. The number of carbonyl (C=O) groups excluding carboxylic acids is 1. The summed E-state index contributed by atoms with van der Waals surface area (Å²) in [4.78, 5) is 12.2. The SMILES string of the molecule is CC1CCCC1C(=O)NC1CCCCC1CO. The predicted octanol–water partition coefficient (Wildman–Crippen LogP) is 2.09. The molecule has 0 aromatic rings. The Balaban J connectivity index is 1.88. The molecule has 17 heavy (non-hydrogen) atoms. The maximum Gasteiger partial charge on any atom is 0.223 e. The Kier molecular flexibility index (Phi) is 4.43. The number of hydrogen-bond donors (Lipinski definition) is 2. The van der Waals surface area contributed by atoms with Gasteiger partial charge in [-0.2, -0.15) is 0 Å². The van der Waals surface area contributed by atoms with E-state index in [1.807, 2.05) is 0 Å². The van der Waals surface area contributed by atoms with E-state index >= 15 is 0 Å². The van der Waals surface area contributed by atoms with Crippen molar-refractivity contribution in [1.82, 2.24) is 5.32 Å². The van der Waals surface area contributed by atoms with Gasteiger partial charge in [0, 0.05) is 24.5 Å². The first-order valence-electron chi connectivity index (χ1n) is 7.13. The lowest BCUT2D eigenvalue weighted by Gasteiger charge is -2.32. The molecule has 0 heterocycles. The Morgan fingerprint density at radius 3 is 2.59 bits per heavy atom. The maximum absolute atomic E-state index is 12.2. The van der Waals surface area contributed by atoms with Crippen molar-refractivity contribution in [3.63, 3.8) is 0 Å². The van der Waals surface area contributed by atoms with Crippen LogP contribution in [0.4, 0.5) is 0 Å². The molecule has 2 aliphatic rings. The molecule has 3 heteroatoms. The van der Waals surface area contributed by atoms with E-state index in [0.717, 1.165) is 19.3 Å². The van der Waals surface area contributed by atoms with Gasteiger partial charge in [-0.15, -0.1) is 0 Å². The van der Waals surface area contributed by atoms with Gasteiger partial charge in [0.2, 0.25) is 5.91 Å². The van der Waals surface area contributed by atoms with Crippen molar-refractivity contribution in [3.8, 4) is 0 Å². The monoisotopic (exact) mass is 239 g/mol. The average Bonchev–Trinajstić information content (AvgIpc) is 2.76. The summed E-state index contributed by atoms with van der Waals surface area (Å²) >= 11 is 0. The Bertz CT molecular complexity index is 267. The number of hydrogen-bond acceptors (Lipinski definition) is 2. The number of aliphatic hydroxyl groups excluding tert-OH is 1. The minimum atomic E-state index is 0.213. The van der Waals surface area contributed by atoms with Gasteiger partial charge in [0.15, 0.2) is 0 Å². The third kappa shape index (κ3) is 3.01. The maximum atomic E-state index is 12.2. The molecule has 0 aliphatic heterocycles. The van der Waals surface area contributed by atoms with Gasteiger partial charge >= 0.3 is 0 Å². The Morgan fingerprint density at radius 2 is 1.94 bits per heavy atom. The minimum absolute atomic E-state index is 0.213. The third-order valence-electron chi connectivity index (χ3n) is 4.67. The number of nitrogens with one attached hydrogen (secondary N) is 1. The van der Waals surface area contributed by atoms with E-state index in [0.29, 0.717) is 5.92 Å². The minimum Gasteiger partial charge on any atom is -0.396 e. The quantitative estimate of drug-likeness (QED) is 0.792. The van der Waals surface area contributed by atoms with E-state index in [-0.39, 0.29) is 30.4 Å². The highest BCUT2D eigenvalue weighted by molar-refractivity contribution is 5.79. The van der Waals surface area contributed by atoms with Crippen molar-refractivity contribution in [2.24, 2.45) is 17.8 Å². The molecular weight excluding hydrogens is 214 g/mol. The molecule has 0 aromatic carbocycles. The molecule has 2 N–H and O–H groups in total. The van der Waals surface area contributed by atoms with Gasteiger partial charge in [0.25, 0.3) is 0 Å². The second-order valence-electron chi connectivity index (χ2n) is 5.86. The van der Waals surface area contributed by atoms with Crippen LogP contribution in [0, 0.1) is 17.8 Å². The molecule has 1 amide bonds. The molecule has 4 unspecified atom stereocenters. The van der Waals surface area contributed by atoms with Crippen molar-refractivity contribution in [2.75, 3.05) is 6.61 Å². The van der Waals surface area contributed by atoms with Crippen LogP contribution in [0.15, 0.2) is 0 Å². The zero-order chi connectivity index (χ0) is 12.3. The van der Waals surface area contributed by atoms with Crippen molar-refractivity contribution in [1.29, 1.82) is 0 Å². The van der Waals surface area contributed by atoms with Gasteiger partial charge < -0.3 is 10.4 Å². The zero-order valence-electron chi connectivity index (χ0n) is 10.8. The Morgan fingerprint density at radius 1 is 1.18 bits per heavy atom. The summed E-state index contributed by atoms with van der Waals surface area (Å²) in [5, 5.41) is 12.5. The molecule has 0 spiro atoms. The highest BCUT2D eigenvalue weighted by Crippen LogP contribution is 2.32. The molecular formula is C14H25NO2. The second-order valence-corrected chi connectivity index (χ2v) is 5.86. The molecule has 98 valence electrons. The van der Waals surface area contributed by atoms with Gasteiger partial charge in [-0.1, -0.05) is 26.2 Å². The molecule has 0 radical (unpaired) electrons. The third-order valence-corrected chi connectivity index (χ3v) is 4.67. The molecule has 0 saturated heterocycles. The van der Waals surface area contributed by atoms with Gasteiger partial charge in [-0.25, -0.2) is 0 Å². The lowest BCUT2D eigenvalue weighted by Crippen LogP contribution is -2.46. The number of carbonyl (C=O) groups is 1. The summed E-state index contributed by atoms with van der Waals surface area (Å²) < 4.78 is 0. The standard InChI is InChI=1S/C14H25NO2/c1-10-5-4-7-12(10)14(17)15-13-8-3-2-6-11(13)9-16/h10-13,16H,2-9H2,1H3,(H,15,17). The van der Waals surface area contributed by atoms with E-state index in [1.54, 1.807) is 0 Å². The normalized spacial score (nSPS) is 38.0. The highest BCUT2D eigenvalue weighted by Gasteiger charge is 2.33. The van der Waals surface area contributed by atoms with Gasteiger partial charge in [0.1, 0.15) is 0 Å². The van der Waals surface area contributed by atoms with Crippen molar-refractivity contribution in [3.05, 3.63) is 0 Å². The Hall–Kier alpha value is -0.570. The fraction of sp³-hybridized carbons (Fsp3) is 0.929. The van der Waals surface area contributed by atoms with E-state index in [9.17, 15) is 9.90 Å². The first-order valence-corrected chi connectivity index (χ1v) is 7.13. The fourth-order valence-electron chi connectivity index (χ4n) is 3.44.